The number of carbonyl (C=O) groups is 1. The van der Waals surface area contributed by atoms with E-state index in [0.717, 1.165) is 25.8 Å². The Morgan fingerprint density at radius 3 is 2.71 bits per heavy atom. The maximum Gasteiger partial charge on any atom is 0.223 e. The molecule has 14 heavy (non-hydrogen) atoms. The number of rotatable bonds is 4. The molecule has 1 amide bonds. The SMILES string of the molecule is CCCC1CC(=O)N(C(C)(C)CN)C1. The average Bonchev–Trinajstić information content (AvgIpc) is 2.48. The molecule has 3 nitrogen and oxygen atoms in total. The van der Waals surface area contributed by atoms with E-state index in [9.17, 15) is 4.79 Å². The van der Waals surface area contributed by atoms with E-state index in [2.05, 4.69) is 6.92 Å². The summed E-state index contributed by atoms with van der Waals surface area (Å²) in [7, 11) is 0. The first-order valence-corrected chi connectivity index (χ1v) is 5.51. The van der Waals surface area contributed by atoms with Crippen molar-refractivity contribution in [1.29, 1.82) is 0 Å². The zero-order valence-electron chi connectivity index (χ0n) is 9.55. The van der Waals surface area contributed by atoms with Crippen LogP contribution < -0.4 is 5.73 Å². The summed E-state index contributed by atoms with van der Waals surface area (Å²) in [6.45, 7) is 7.69. The van der Waals surface area contributed by atoms with Crippen molar-refractivity contribution < 1.29 is 4.79 Å². The lowest BCUT2D eigenvalue weighted by atomic mass is 10.0. The van der Waals surface area contributed by atoms with Crippen LogP contribution in [0.4, 0.5) is 0 Å². The molecule has 0 aromatic rings. The Balaban J connectivity index is 2.61. The molecule has 1 aliphatic heterocycles. The molecule has 0 spiro atoms. The topological polar surface area (TPSA) is 46.3 Å². The third-order valence-corrected chi connectivity index (χ3v) is 3.13. The minimum atomic E-state index is -0.167. The molecule has 1 rings (SSSR count). The van der Waals surface area contributed by atoms with Crippen molar-refractivity contribution in [2.24, 2.45) is 11.7 Å². The van der Waals surface area contributed by atoms with Crippen molar-refractivity contribution >= 4 is 5.91 Å². The van der Waals surface area contributed by atoms with Crippen molar-refractivity contribution in [3.8, 4) is 0 Å². The molecule has 1 heterocycles. The number of nitrogens with two attached hydrogens (primary N) is 1. The second-order valence-corrected chi connectivity index (χ2v) is 4.88. The van der Waals surface area contributed by atoms with Gasteiger partial charge in [0.1, 0.15) is 0 Å². The zero-order valence-corrected chi connectivity index (χ0v) is 9.55. The van der Waals surface area contributed by atoms with Crippen molar-refractivity contribution in [2.75, 3.05) is 13.1 Å². The Morgan fingerprint density at radius 2 is 2.21 bits per heavy atom. The molecule has 2 N–H and O–H groups in total. The largest absolute Gasteiger partial charge is 0.336 e. The molecule has 1 atom stereocenters. The molecule has 1 unspecified atom stereocenters. The number of hydrogen-bond acceptors (Lipinski definition) is 2. The van der Waals surface area contributed by atoms with Gasteiger partial charge in [0.25, 0.3) is 0 Å². The van der Waals surface area contributed by atoms with E-state index >= 15 is 0 Å². The van der Waals surface area contributed by atoms with Crippen LogP contribution in [0.2, 0.25) is 0 Å². The van der Waals surface area contributed by atoms with Gasteiger partial charge in [-0.1, -0.05) is 13.3 Å². The lowest BCUT2D eigenvalue weighted by Gasteiger charge is -2.34. The first kappa shape index (κ1) is 11.5. The summed E-state index contributed by atoms with van der Waals surface area (Å²) < 4.78 is 0. The van der Waals surface area contributed by atoms with E-state index < -0.39 is 0 Å². The fourth-order valence-electron chi connectivity index (χ4n) is 2.08. The van der Waals surface area contributed by atoms with E-state index in [0.29, 0.717) is 12.5 Å². The fourth-order valence-corrected chi connectivity index (χ4v) is 2.08. The van der Waals surface area contributed by atoms with E-state index in [1.807, 2.05) is 18.7 Å². The highest BCUT2D eigenvalue weighted by Crippen LogP contribution is 2.27. The molecule has 3 heteroatoms. The summed E-state index contributed by atoms with van der Waals surface area (Å²) in [4.78, 5) is 13.7. The highest BCUT2D eigenvalue weighted by Gasteiger charge is 2.37. The number of carbonyl (C=O) groups excluding carboxylic acids is 1. The van der Waals surface area contributed by atoms with Gasteiger partial charge < -0.3 is 10.6 Å². The normalized spacial score (nSPS) is 23.3. The van der Waals surface area contributed by atoms with Gasteiger partial charge in [0.05, 0.1) is 0 Å². The Bertz CT molecular complexity index is 213. The third-order valence-electron chi connectivity index (χ3n) is 3.13. The van der Waals surface area contributed by atoms with Crippen LogP contribution in [0, 0.1) is 5.92 Å². The summed E-state index contributed by atoms with van der Waals surface area (Å²) in [6.07, 6.45) is 3.04. The predicted octanol–water partition coefficient (Wildman–Crippen LogP) is 1.37. The molecule has 0 bridgehead atoms. The van der Waals surface area contributed by atoms with Gasteiger partial charge in [-0.25, -0.2) is 0 Å². The smallest absolute Gasteiger partial charge is 0.223 e. The molecule has 0 aromatic carbocycles. The Labute approximate surface area is 86.6 Å². The van der Waals surface area contributed by atoms with Crippen LogP contribution in [0.15, 0.2) is 0 Å². The van der Waals surface area contributed by atoms with E-state index in [1.54, 1.807) is 0 Å². The summed E-state index contributed by atoms with van der Waals surface area (Å²) >= 11 is 0. The first-order valence-electron chi connectivity index (χ1n) is 5.51. The number of amides is 1. The monoisotopic (exact) mass is 198 g/mol. The average molecular weight is 198 g/mol. The van der Waals surface area contributed by atoms with Gasteiger partial charge in [-0.3, -0.25) is 4.79 Å². The second-order valence-electron chi connectivity index (χ2n) is 4.88. The van der Waals surface area contributed by atoms with Crippen molar-refractivity contribution in [3.05, 3.63) is 0 Å². The molecular formula is C11H22N2O. The molecule has 0 saturated carbocycles. The Kier molecular flexibility index (Phi) is 3.53. The first-order chi connectivity index (χ1) is 6.51. The third kappa shape index (κ3) is 2.27. The second kappa shape index (κ2) is 4.30. The quantitative estimate of drug-likeness (QED) is 0.741. The summed E-state index contributed by atoms with van der Waals surface area (Å²) in [5, 5.41) is 0. The maximum atomic E-state index is 11.7. The molecule has 0 radical (unpaired) electrons. The molecule has 1 saturated heterocycles. The summed E-state index contributed by atoms with van der Waals surface area (Å²) in [5.74, 6) is 0.831. The van der Waals surface area contributed by atoms with Crippen LogP contribution in [0.25, 0.3) is 0 Å². The number of likely N-dealkylation sites (tertiary alicyclic amines) is 1. The fraction of sp³-hybridized carbons (Fsp3) is 0.909. The minimum Gasteiger partial charge on any atom is -0.336 e. The molecule has 0 aliphatic carbocycles. The van der Waals surface area contributed by atoms with Gasteiger partial charge in [-0.15, -0.1) is 0 Å². The van der Waals surface area contributed by atoms with Gasteiger partial charge in [0, 0.05) is 25.0 Å². The van der Waals surface area contributed by atoms with E-state index in [-0.39, 0.29) is 11.4 Å². The van der Waals surface area contributed by atoms with Gasteiger partial charge in [-0.2, -0.15) is 0 Å². The molecular weight excluding hydrogens is 176 g/mol. The Hall–Kier alpha value is -0.570. The lowest BCUT2D eigenvalue weighted by Crippen LogP contribution is -2.50. The van der Waals surface area contributed by atoms with Crippen molar-refractivity contribution in [1.82, 2.24) is 4.90 Å². The van der Waals surface area contributed by atoms with Gasteiger partial charge in [0.15, 0.2) is 0 Å². The number of nitrogens with zero attached hydrogens (tertiary/aromatic N) is 1. The van der Waals surface area contributed by atoms with Gasteiger partial charge in [-0.05, 0) is 26.2 Å². The van der Waals surface area contributed by atoms with E-state index in [1.165, 1.54) is 0 Å². The maximum absolute atomic E-state index is 11.7. The molecule has 1 fully saturated rings. The van der Waals surface area contributed by atoms with Crippen molar-refractivity contribution in [3.63, 3.8) is 0 Å². The van der Waals surface area contributed by atoms with E-state index in [4.69, 9.17) is 5.73 Å². The van der Waals surface area contributed by atoms with Crippen LogP contribution in [0.3, 0.4) is 0 Å². The number of hydrogen-bond donors (Lipinski definition) is 1. The standard InChI is InChI=1S/C11H22N2O/c1-4-5-9-6-10(14)13(7-9)11(2,3)8-12/h9H,4-8,12H2,1-3H3. The highest BCUT2D eigenvalue weighted by atomic mass is 16.2. The molecule has 1 aliphatic rings. The van der Waals surface area contributed by atoms with Crippen LogP contribution >= 0.6 is 0 Å². The van der Waals surface area contributed by atoms with Crippen molar-refractivity contribution in [2.45, 2.75) is 45.6 Å². The molecule has 82 valence electrons. The zero-order chi connectivity index (χ0) is 10.8. The predicted molar refractivity (Wildman–Crippen MR) is 57.9 cm³/mol. The summed E-state index contributed by atoms with van der Waals surface area (Å²) in [5.41, 5.74) is 5.51. The minimum absolute atomic E-state index is 0.167. The Morgan fingerprint density at radius 1 is 1.57 bits per heavy atom. The lowest BCUT2D eigenvalue weighted by molar-refractivity contribution is -0.131. The van der Waals surface area contributed by atoms with Crippen LogP contribution in [0.1, 0.15) is 40.0 Å². The van der Waals surface area contributed by atoms with Gasteiger partial charge >= 0.3 is 0 Å². The van der Waals surface area contributed by atoms with Crippen LogP contribution in [-0.4, -0.2) is 29.4 Å². The summed E-state index contributed by atoms with van der Waals surface area (Å²) in [6, 6.07) is 0. The van der Waals surface area contributed by atoms with Crippen LogP contribution in [-0.2, 0) is 4.79 Å². The van der Waals surface area contributed by atoms with Crippen LogP contribution in [0.5, 0.6) is 0 Å². The van der Waals surface area contributed by atoms with Gasteiger partial charge in [0.2, 0.25) is 5.91 Å². The molecule has 0 aromatic heterocycles. The highest BCUT2D eigenvalue weighted by molar-refractivity contribution is 5.79.